The molecule has 1 fully saturated rings. The summed E-state index contributed by atoms with van der Waals surface area (Å²) in [6, 6.07) is 7.39. The van der Waals surface area contributed by atoms with Crippen molar-refractivity contribution >= 4 is 11.9 Å². The van der Waals surface area contributed by atoms with Crippen LogP contribution in [0.5, 0.6) is 11.5 Å². The lowest BCUT2D eigenvalue weighted by Gasteiger charge is -2.25. The number of benzene rings is 1. The fourth-order valence-electron chi connectivity index (χ4n) is 2.52. The summed E-state index contributed by atoms with van der Waals surface area (Å²) >= 11 is 0. The fraction of sp³-hybridized carbons (Fsp3) is 0.579. The Morgan fingerprint density at radius 2 is 1.68 bits per heavy atom. The molecule has 0 radical (unpaired) electrons. The summed E-state index contributed by atoms with van der Waals surface area (Å²) in [6.07, 6.45) is 1.95. The van der Waals surface area contributed by atoms with Crippen LogP contribution in [0.2, 0.25) is 0 Å². The highest BCUT2D eigenvalue weighted by atomic mass is 16.5. The number of carbonyl (C=O) groups is 2. The van der Waals surface area contributed by atoms with Crippen molar-refractivity contribution in [3.05, 3.63) is 24.3 Å². The summed E-state index contributed by atoms with van der Waals surface area (Å²) in [5, 5.41) is 0. The van der Waals surface area contributed by atoms with Gasteiger partial charge in [-0.05, 0) is 51.0 Å². The number of nitrogens with zero attached hydrogens (tertiary/aromatic N) is 1. The van der Waals surface area contributed by atoms with E-state index in [2.05, 4.69) is 0 Å². The van der Waals surface area contributed by atoms with Gasteiger partial charge < -0.3 is 19.1 Å². The molecule has 1 aromatic carbocycles. The van der Waals surface area contributed by atoms with Crippen LogP contribution in [0, 0.1) is 5.92 Å². The van der Waals surface area contributed by atoms with Crippen molar-refractivity contribution in [2.75, 3.05) is 26.4 Å². The smallest absolute Gasteiger partial charge is 0.310 e. The van der Waals surface area contributed by atoms with E-state index in [0.29, 0.717) is 25.5 Å². The van der Waals surface area contributed by atoms with Crippen LogP contribution in [-0.2, 0) is 14.3 Å². The van der Waals surface area contributed by atoms with Crippen LogP contribution in [0.1, 0.15) is 33.6 Å². The maximum absolute atomic E-state index is 12.5. The summed E-state index contributed by atoms with van der Waals surface area (Å²) in [4.78, 5) is 26.1. The Hall–Kier alpha value is -2.24. The molecule has 6 nitrogen and oxygen atoms in total. The molecule has 6 heteroatoms. The van der Waals surface area contributed by atoms with Crippen LogP contribution in [0.25, 0.3) is 0 Å². The molecule has 138 valence electrons. The number of rotatable bonds is 10. The molecule has 1 aliphatic carbocycles. The van der Waals surface area contributed by atoms with Gasteiger partial charge in [0.25, 0.3) is 5.91 Å². The van der Waals surface area contributed by atoms with E-state index in [-0.39, 0.29) is 30.4 Å². The Labute approximate surface area is 149 Å². The molecule has 1 amide bonds. The van der Waals surface area contributed by atoms with E-state index in [1.54, 1.807) is 30.9 Å². The predicted molar refractivity (Wildman–Crippen MR) is 93.6 cm³/mol. The van der Waals surface area contributed by atoms with Gasteiger partial charge in [0.15, 0.2) is 6.61 Å². The highest BCUT2D eigenvalue weighted by Gasteiger charge is 2.34. The lowest BCUT2D eigenvalue weighted by molar-refractivity contribution is -0.149. The zero-order chi connectivity index (χ0) is 18.2. The Kier molecular flexibility index (Phi) is 7.10. The Morgan fingerprint density at radius 1 is 1.08 bits per heavy atom. The van der Waals surface area contributed by atoms with Crippen LogP contribution in [0.4, 0.5) is 0 Å². The first-order chi connectivity index (χ1) is 12.0. The number of hydrogen-bond donors (Lipinski definition) is 0. The molecule has 0 heterocycles. The van der Waals surface area contributed by atoms with Gasteiger partial charge in [-0.2, -0.15) is 0 Å². The summed E-state index contributed by atoms with van der Waals surface area (Å²) in [5.41, 5.74) is 0. The topological polar surface area (TPSA) is 65.1 Å². The van der Waals surface area contributed by atoms with Gasteiger partial charge in [0.2, 0.25) is 0 Å². The Bertz CT molecular complexity index is 568. The van der Waals surface area contributed by atoms with E-state index in [9.17, 15) is 9.59 Å². The van der Waals surface area contributed by atoms with Crippen LogP contribution < -0.4 is 9.47 Å². The molecule has 0 aliphatic heterocycles. The summed E-state index contributed by atoms with van der Waals surface area (Å²) in [7, 11) is 0. The number of esters is 1. The average Bonchev–Trinajstić information content (AvgIpc) is 3.44. The summed E-state index contributed by atoms with van der Waals surface area (Å²) in [6.45, 7) is 6.77. The van der Waals surface area contributed by atoms with E-state index < -0.39 is 0 Å². The van der Waals surface area contributed by atoms with Gasteiger partial charge in [-0.15, -0.1) is 0 Å². The van der Waals surface area contributed by atoms with Gasteiger partial charge in [-0.3, -0.25) is 9.59 Å². The van der Waals surface area contributed by atoms with Crippen molar-refractivity contribution in [3.8, 4) is 11.5 Å². The molecule has 1 aromatic rings. The van der Waals surface area contributed by atoms with Crippen LogP contribution >= 0.6 is 0 Å². The van der Waals surface area contributed by atoms with E-state index >= 15 is 0 Å². The van der Waals surface area contributed by atoms with Gasteiger partial charge >= 0.3 is 5.97 Å². The van der Waals surface area contributed by atoms with Gasteiger partial charge in [0, 0.05) is 12.6 Å². The second-order valence-electron chi connectivity index (χ2n) is 6.12. The lowest BCUT2D eigenvalue weighted by Crippen LogP contribution is -2.41. The maximum atomic E-state index is 12.5. The highest BCUT2D eigenvalue weighted by molar-refractivity contribution is 5.79. The normalized spacial score (nSPS) is 14.5. The predicted octanol–water partition coefficient (Wildman–Crippen LogP) is 2.65. The molecule has 0 saturated heterocycles. The molecule has 0 N–H and O–H groups in total. The van der Waals surface area contributed by atoms with Gasteiger partial charge in [-0.25, -0.2) is 0 Å². The minimum absolute atomic E-state index is 0.0416. The molecule has 1 unspecified atom stereocenters. The maximum Gasteiger partial charge on any atom is 0.310 e. The van der Waals surface area contributed by atoms with Crippen molar-refractivity contribution in [3.63, 3.8) is 0 Å². The quantitative estimate of drug-likeness (QED) is 0.608. The van der Waals surface area contributed by atoms with Crippen LogP contribution in [0.15, 0.2) is 24.3 Å². The zero-order valence-electron chi connectivity index (χ0n) is 15.2. The van der Waals surface area contributed by atoms with Gasteiger partial charge in [0.05, 0.1) is 19.1 Å². The van der Waals surface area contributed by atoms with Crippen molar-refractivity contribution in [2.45, 2.75) is 39.7 Å². The van der Waals surface area contributed by atoms with Crippen molar-refractivity contribution in [1.82, 2.24) is 4.90 Å². The first-order valence-electron chi connectivity index (χ1n) is 8.86. The molecule has 1 aliphatic rings. The van der Waals surface area contributed by atoms with E-state index in [4.69, 9.17) is 14.2 Å². The summed E-state index contributed by atoms with van der Waals surface area (Å²) < 4.78 is 16.0. The third kappa shape index (κ3) is 5.96. The molecule has 1 saturated carbocycles. The van der Waals surface area contributed by atoms with Crippen molar-refractivity contribution < 1.29 is 23.8 Å². The molecular weight excluding hydrogens is 322 g/mol. The molecule has 0 aromatic heterocycles. The van der Waals surface area contributed by atoms with E-state index in [1.807, 2.05) is 19.1 Å². The Morgan fingerprint density at radius 3 is 2.20 bits per heavy atom. The molecule has 25 heavy (non-hydrogen) atoms. The molecular formula is C19H27NO5. The van der Waals surface area contributed by atoms with Crippen molar-refractivity contribution in [2.24, 2.45) is 5.92 Å². The standard InChI is InChI=1S/C19H27NO5/c1-4-23-16-8-10-17(11-9-16)25-13-18(21)20(15-6-7-15)12-14(3)19(22)24-5-2/h8-11,14-15H,4-7,12-13H2,1-3H3. The average molecular weight is 349 g/mol. The molecule has 1 atom stereocenters. The number of hydrogen-bond acceptors (Lipinski definition) is 5. The highest BCUT2D eigenvalue weighted by Crippen LogP contribution is 2.28. The van der Waals surface area contributed by atoms with Crippen LogP contribution in [0.3, 0.4) is 0 Å². The minimum Gasteiger partial charge on any atom is -0.494 e. The van der Waals surface area contributed by atoms with E-state index in [1.165, 1.54) is 0 Å². The van der Waals surface area contributed by atoms with Crippen molar-refractivity contribution in [1.29, 1.82) is 0 Å². The van der Waals surface area contributed by atoms with Gasteiger partial charge in [0.1, 0.15) is 11.5 Å². The minimum atomic E-state index is -0.338. The second kappa shape index (κ2) is 9.30. The van der Waals surface area contributed by atoms with E-state index in [0.717, 1.165) is 18.6 Å². The Balaban J connectivity index is 1.86. The molecule has 0 spiro atoms. The third-order valence-electron chi connectivity index (χ3n) is 3.96. The molecule has 2 rings (SSSR count). The lowest BCUT2D eigenvalue weighted by atomic mass is 10.1. The SMILES string of the molecule is CCOC(=O)C(C)CN(C(=O)COc1ccc(OCC)cc1)C1CC1. The first kappa shape index (κ1) is 19.1. The van der Waals surface area contributed by atoms with Crippen LogP contribution in [-0.4, -0.2) is 49.2 Å². The number of amides is 1. The monoisotopic (exact) mass is 349 g/mol. The largest absolute Gasteiger partial charge is 0.494 e. The number of ether oxygens (including phenoxy) is 3. The summed E-state index contributed by atoms with van der Waals surface area (Å²) in [5.74, 6) is 0.672. The third-order valence-corrected chi connectivity index (χ3v) is 3.96. The zero-order valence-corrected chi connectivity index (χ0v) is 15.2. The second-order valence-corrected chi connectivity index (χ2v) is 6.12. The first-order valence-corrected chi connectivity index (χ1v) is 8.86. The number of carbonyl (C=O) groups excluding carboxylic acids is 2. The molecule has 0 bridgehead atoms. The fourth-order valence-corrected chi connectivity index (χ4v) is 2.52. The van der Waals surface area contributed by atoms with Gasteiger partial charge in [-0.1, -0.05) is 6.92 Å².